The molecule has 5 rings (SSSR count). The van der Waals surface area contributed by atoms with Crippen molar-refractivity contribution in [1.29, 1.82) is 0 Å². The summed E-state index contributed by atoms with van der Waals surface area (Å²) in [5.74, 6) is -3.97. The summed E-state index contributed by atoms with van der Waals surface area (Å²) >= 11 is 6.48. The monoisotopic (exact) mass is 528 g/mol. The van der Waals surface area contributed by atoms with Crippen molar-refractivity contribution in [2.24, 2.45) is 0 Å². The fraction of sp³-hybridized carbons (Fsp3) is 0.296. The van der Waals surface area contributed by atoms with Gasteiger partial charge in [-0.1, -0.05) is 41.9 Å². The Morgan fingerprint density at radius 2 is 1.84 bits per heavy atom. The molecule has 2 aliphatic rings. The quantitative estimate of drug-likeness (QED) is 0.461. The van der Waals surface area contributed by atoms with Crippen molar-refractivity contribution in [1.82, 2.24) is 10.3 Å². The first-order valence-electron chi connectivity index (χ1n) is 11.9. The van der Waals surface area contributed by atoms with Crippen molar-refractivity contribution in [3.8, 4) is 0 Å². The first-order valence-corrected chi connectivity index (χ1v) is 12.3. The third-order valence-electron chi connectivity index (χ3n) is 6.71. The van der Waals surface area contributed by atoms with Gasteiger partial charge in [0, 0.05) is 47.9 Å². The highest BCUT2D eigenvalue weighted by molar-refractivity contribution is 6.31. The summed E-state index contributed by atoms with van der Waals surface area (Å²) in [5.41, 5.74) is 0.450. The van der Waals surface area contributed by atoms with Crippen LogP contribution >= 0.6 is 11.6 Å². The number of hydrogen-bond donors (Lipinski definition) is 1. The molecule has 0 bridgehead atoms. The molecule has 0 spiro atoms. The van der Waals surface area contributed by atoms with Crippen molar-refractivity contribution in [3.63, 3.8) is 0 Å². The predicted molar refractivity (Wildman–Crippen MR) is 134 cm³/mol. The van der Waals surface area contributed by atoms with Crippen LogP contribution in [0.5, 0.6) is 0 Å². The van der Waals surface area contributed by atoms with E-state index in [-0.39, 0.29) is 10.7 Å². The van der Waals surface area contributed by atoms with Gasteiger partial charge in [0.15, 0.2) is 0 Å². The average molecular weight is 529 g/mol. The number of halogens is 4. The molecule has 37 heavy (non-hydrogen) atoms. The Balaban J connectivity index is 1.55. The molecule has 10 heteroatoms. The Hall–Kier alpha value is -3.59. The van der Waals surface area contributed by atoms with E-state index in [4.69, 9.17) is 11.6 Å². The highest BCUT2D eigenvalue weighted by atomic mass is 35.5. The van der Waals surface area contributed by atoms with Gasteiger partial charge in [-0.25, -0.2) is 18.2 Å². The topological polar surface area (TPSA) is 65.5 Å². The number of anilines is 2. The minimum absolute atomic E-state index is 0.150. The molecule has 2 fully saturated rings. The summed E-state index contributed by atoms with van der Waals surface area (Å²) in [4.78, 5) is 35.1. The summed E-state index contributed by atoms with van der Waals surface area (Å²) in [5, 5.41) is 2.86. The molecular weight excluding hydrogens is 505 g/mol. The Morgan fingerprint density at radius 3 is 2.46 bits per heavy atom. The van der Waals surface area contributed by atoms with Crippen LogP contribution < -0.4 is 15.1 Å². The molecule has 0 unspecified atom stereocenters. The summed E-state index contributed by atoms with van der Waals surface area (Å²) in [6.45, 7) is 0.574. The van der Waals surface area contributed by atoms with E-state index < -0.39 is 54.5 Å². The van der Waals surface area contributed by atoms with Crippen LogP contribution in [0.1, 0.15) is 30.9 Å². The van der Waals surface area contributed by atoms with Crippen LogP contribution in [-0.4, -0.2) is 41.3 Å². The van der Waals surface area contributed by atoms with Crippen LogP contribution in [0.4, 0.5) is 24.7 Å². The fourth-order valence-corrected chi connectivity index (χ4v) is 5.01. The maximum atomic E-state index is 14.4. The second-order valence-electron chi connectivity index (χ2n) is 9.27. The lowest BCUT2D eigenvalue weighted by atomic mass is 9.87. The lowest BCUT2D eigenvalue weighted by Crippen LogP contribution is -2.60. The van der Waals surface area contributed by atoms with E-state index in [1.165, 1.54) is 23.1 Å². The van der Waals surface area contributed by atoms with Crippen LogP contribution in [0.3, 0.4) is 0 Å². The van der Waals surface area contributed by atoms with Gasteiger partial charge in [-0.15, -0.1) is 0 Å². The number of nitrogens with one attached hydrogen (secondary N) is 1. The normalized spacial score (nSPS) is 19.4. The van der Waals surface area contributed by atoms with Gasteiger partial charge in [-0.2, -0.15) is 0 Å². The smallest absolute Gasteiger partial charge is 0.252 e. The van der Waals surface area contributed by atoms with Gasteiger partial charge in [-0.3, -0.25) is 14.5 Å². The SMILES string of the molecule is O=C(NC1CC(F)(F)C1)[C@H](c1ccccc1Cl)N(C(=O)[C@@H]1CCN1c1ccccn1)c1cccc(F)c1. The zero-order valence-corrected chi connectivity index (χ0v) is 20.4. The van der Waals surface area contributed by atoms with Crippen LogP contribution in [0.2, 0.25) is 5.02 Å². The Kier molecular flexibility index (Phi) is 6.81. The highest BCUT2D eigenvalue weighted by Gasteiger charge is 2.48. The molecule has 192 valence electrons. The summed E-state index contributed by atoms with van der Waals surface area (Å²) in [6, 6.07) is 14.5. The predicted octanol–water partition coefficient (Wildman–Crippen LogP) is 5.14. The Morgan fingerprint density at radius 1 is 1.08 bits per heavy atom. The van der Waals surface area contributed by atoms with E-state index in [9.17, 15) is 22.8 Å². The van der Waals surface area contributed by atoms with Crippen molar-refractivity contribution >= 4 is 34.9 Å². The summed E-state index contributed by atoms with van der Waals surface area (Å²) in [7, 11) is 0. The first kappa shape index (κ1) is 25.1. The molecule has 2 aromatic carbocycles. The van der Waals surface area contributed by atoms with Crippen LogP contribution in [0, 0.1) is 5.82 Å². The van der Waals surface area contributed by atoms with E-state index in [1.54, 1.807) is 48.7 Å². The van der Waals surface area contributed by atoms with E-state index in [0.29, 0.717) is 24.3 Å². The summed E-state index contributed by atoms with van der Waals surface area (Å²) < 4.78 is 41.4. The second kappa shape index (κ2) is 10.0. The third-order valence-corrected chi connectivity index (χ3v) is 7.06. The van der Waals surface area contributed by atoms with Gasteiger partial charge in [-0.05, 0) is 42.8 Å². The molecule has 1 aliphatic carbocycles. The van der Waals surface area contributed by atoms with Gasteiger partial charge in [0.25, 0.3) is 11.8 Å². The zero-order valence-electron chi connectivity index (χ0n) is 19.7. The van der Waals surface area contributed by atoms with Gasteiger partial charge in [0.2, 0.25) is 5.91 Å². The van der Waals surface area contributed by atoms with Crippen molar-refractivity contribution < 1.29 is 22.8 Å². The zero-order chi connectivity index (χ0) is 26.2. The molecule has 1 aromatic heterocycles. The Labute approximate surface area is 217 Å². The number of pyridine rings is 1. The maximum Gasteiger partial charge on any atom is 0.252 e. The number of alkyl halides is 2. The van der Waals surface area contributed by atoms with Gasteiger partial charge >= 0.3 is 0 Å². The van der Waals surface area contributed by atoms with E-state index in [0.717, 1.165) is 6.07 Å². The van der Waals surface area contributed by atoms with Crippen LogP contribution in [0.25, 0.3) is 0 Å². The number of benzene rings is 2. The number of hydrogen-bond acceptors (Lipinski definition) is 4. The largest absolute Gasteiger partial charge is 0.351 e. The minimum atomic E-state index is -2.84. The van der Waals surface area contributed by atoms with E-state index in [1.807, 2.05) is 4.90 Å². The molecule has 1 N–H and O–H groups in total. The van der Waals surface area contributed by atoms with Crippen molar-refractivity contribution in [3.05, 3.63) is 89.3 Å². The number of nitrogens with zero attached hydrogens (tertiary/aromatic N) is 3. The third kappa shape index (κ3) is 5.13. The maximum absolute atomic E-state index is 14.4. The lowest BCUT2D eigenvalue weighted by molar-refractivity contribution is -0.133. The molecule has 1 saturated carbocycles. The minimum Gasteiger partial charge on any atom is -0.351 e. The molecule has 2 atom stereocenters. The number of rotatable bonds is 7. The molecule has 0 radical (unpaired) electrons. The molecule has 3 aromatic rings. The lowest BCUT2D eigenvalue weighted by Gasteiger charge is -2.45. The van der Waals surface area contributed by atoms with E-state index in [2.05, 4.69) is 10.3 Å². The number of carbonyl (C=O) groups is 2. The molecular formula is C27H24ClF3N4O2. The second-order valence-corrected chi connectivity index (χ2v) is 9.67. The number of carbonyl (C=O) groups excluding carboxylic acids is 2. The summed E-state index contributed by atoms with van der Waals surface area (Å²) in [6.07, 6.45) is 1.14. The van der Waals surface area contributed by atoms with Crippen molar-refractivity contribution in [2.75, 3.05) is 16.3 Å². The highest BCUT2D eigenvalue weighted by Crippen LogP contribution is 2.39. The van der Waals surface area contributed by atoms with Crippen LogP contribution in [0.15, 0.2) is 72.9 Å². The molecule has 1 aliphatic heterocycles. The molecule has 1 saturated heterocycles. The van der Waals surface area contributed by atoms with Gasteiger partial charge in [0.05, 0.1) is 0 Å². The van der Waals surface area contributed by atoms with Crippen LogP contribution in [-0.2, 0) is 9.59 Å². The Bertz CT molecular complexity index is 1300. The molecule has 6 nitrogen and oxygen atoms in total. The van der Waals surface area contributed by atoms with Crippen molar-refractivity contribution in [2.45, 2.75) is 43.3 Å². The number of aromatic nitrogens is 1. The standard InChI is InChI=1S/C27H24ClF3N4O2/c28-21-9-2-1-8-20(21)24(25(36)33-18-15-27(30,31)16-18)35(19-7-5-6-17(29)14-19)26(37)22-11-13-34(22)23-10-3-4-12-32-23/h1-10,12,14,18,22,24H,11,13,15-16H2,(H,33,36)/t22-,24-/m0/s1. The molecule has 2 amide bonds. The van der Waals surface area contributed by atoms with E-state index >= 15 is 0 Å². The fourth-order valence-electron chi connectivity index (χ4n) is 4.77. The average Bonchev–Trinajstić information content (AvgIpc) is 2.82. The van der Waals surface area contributed by atoms with Gasteiger partial charge in [0.1, 0.15) is 23.7 Å². The number of amides is 2. The van der Waals surface area contributed by atoms with Gasteiger partial charge < -0.3 is 10.2 Å². The molecule has 2 heterocycles. The first-order chi connectivity index (χ1) is 17.7.